The van der Waals surface area contributed by atoms with Gasteiger partial charge in [0.05, 0.1) is 6.04 Å². The topological polar surface area (TPSA) is 61.0 Å². The fourth-order valence-electron chi connectivity index (χ4n) is 1.26. The third kappa shape index (κ3) is 5.19. The Morgan fingerprint density at radius 1 is 1.19 bits per heavy atom. The monoisotopic (exact) mass is 223 g/mol. The van der Waals surface area contributed by atoms with Crippen LogP contribution in [0.3, 0.4) is 0 Å². The molecule has 1 atom stereocenters. The normalized spacial score (nSPS) is 13.0. The van der Waals surface area contributed by atoms with E-state index in [-0.39, 0.29) is 6.04 Å². The van der Waals surface area contributed by atoms with E-state index in [9.17, 15) is 0 Å². The van der Waals surface area contributed by atoms with Crippen molar-refractivity contribution >= 4 is 0 Å². The quantitative estimate of drug-likeness (QED) is 0.717. The van der Waals surface area contributed by atoms with Crippen molar-refractivity contribution in [1.82, 2.24) is 9.97 Å². The largest absolute Gasteiger partial charge is 0.381 e. The van der Waals surface area contributed by atoms with Gasteiger partial charge in [0.15, 0.2) is 0 Å². The van der Waals surface area contributed by atoms with Crippen LogP contribution in [0.4, 0.5) is 0 Å². The fraction of sp³-hybridized carbons (Fsp3) is 0.667. The van der Waals surface area contributed by atoms with Crippen LogP contribution in [0.2, 0.25) is 0 Å². The van der Waals surface area contributed by atoms with Crippen LogP contribution in [0.1, 0.15) is 38.6 Å². The molecule has 1 aromatic heterocycles. The summed E-state index contributed by atoms with van der Waals surface area (Å²) < 4.78 is 5.50. The molecule has 0 radical (unpaired) electrons. The summed E-state index contributed by atoms with van der Waals surface area (Å²) in [7, 11) is 0. The van der Waals surface area contributed by atoms with E-state index in [2.05, 4.69) is 23.8 Å². The Labute approximate surface area is 97.2 Å². The van der Waals surface area contributed by atoms with Crippen molar-refractivity contribution in [3.8, 4) is 0 Å². The Morgan fingerprint density at radius 3 is 2.44 bits per heavy atom. The summed E-state index contributed by atoms with van der Waals surface area (Å²) >= 11 is 0. The third-order valence-corrected chi connectivity index (χ3v) is 2.33. The van der Waals surface area contributed by atoms with Gasteiger partial charge in [-0.25, -0.2) is 9.97 Å². The van der Waals surface area contributed by atoms with Crippen LogP contribution >= 0.6 is 0 Å². The van der Waals surface area contributed by atoms with Gasteiger partial charge in [0.25, 0.3) is 0 Å². The molecule has 0 saturated carbocycles. The van der Waals surface area contributed by atoms with Gasteiger partial charge in [-0.05, 0) is 24.8 Å². The first-order valence-electron chi connectivity index (χ1n) is 5.80. The Morgan fingerprint density at radius 2 is 1.81 bits per heavy atom. The first-order chi connectivity index (χ1) is 7.70. The van der Waals surface area contributed by atoms with Crippen LogP contribution in [-0.4, -0.2) is 23.2 Å². The van der Waals surface area contributed by atoms with Gasteiger partial charge in [-0.2, -0.15) is 0 Å². The fourth-order valence-corrected chi connectivity index (χ4v) is 1.26. The van der Waals surface area contributed by atoms with Gasteiger partial charge in [0.2, 0.25) is 0 Å². The van der Waals surface area contributed by atoms with E-state index in [1.807, 2.05) is 0 Å². The van der Waals surface area contributed by atoms with E-state index in [1.165, 1.54) is 0 Å². The van der Waals surface area contributed by atoms with Crippen molar-refractivity contribution in [2.45, 2.75) is 32.7 Å². The summed E-state index contributed by atoms with van der Waals surface area (Å²) in [6, 6.07) is 1.66. The van der Waals surface area contributed by atoms with Gasteiger partial charge in [-0.15, -0.1) is 0 Å². The van der Waals surface area contributed by atoms with Gasteiger partial charge in [-0.1, -0.05) is 13.8 Å². The van der Waals surface area contributed by atoms with Crippen LogP contribution in [0.5, 0.6) is 0 Å². The molecule has 1 aromatic rings. The molecule has 0 aliphatic heterocycles. The average Bonchev–Trinajstić information content (AvgIpc) is 2.29. The van der Waals surface area contributed by atoms with E-state index >= 15 is 0 Å². The number of hydrogen-bond acceptors (Lipinski definition) is 4. The Balaban J connectivity index is 2.14. The van der Waals surface area contributed by atoms with Gasteiger partial charge in [-0.3, -0.25) is 0 Å². The van der Waals surface area contributed by atoms with E-state index in [1.54, 1.807) is 18.5 Å². The zero-order valence-corrected chi connectivity index (χ0v) is 10.1. The lowest BCUT2D eigenvalue weighted by atomic mass is 10.1. The summed E-state index contributed by atoms with van der Waals surface area (Å²) in [5, 5.41) is 0. The molecular formula is C12H21N3O. The molecule has 2 N–H and O–H groups in total. The molecule has 1 unspecified atom stereocenters. The second-order valence-corrected chi connectivity index (χ2v) is 4.30. The standard InChI is InChI=1S/C12H21N3O/c1-10(2)4-8-16-9-5-11(13)12-14-6-3-7-15-12/h3,6-7,10-11H,4-5,8-9,13H2,1-2H3. The molecule has 1 rings (SSSR count). The van der Waals surface area contributed by atoms with Gasteiger partial charge < -0.3 is 10.5 Å². The van der Waals surface area contributed by atoms with E-state index in [0.29, 0.717) is 18.3 Å². The Hall–Kier alpha value is -1.00. The highest BCUT2D eigenvalue weighted by Gasteiger charge is 2.07. The number of ether oxygens (including phenoxy) is 1. The summed E-state index contributed by atoms with van der Waals surface area (Å²) in [6.45, 7) is 5.85. The van der Waals surface area contributed by atoms with Crippen molar-refractivity contribution in [3.63, 3.8) is 0 Å². The maximum atomic E-state index is 5.93. The first kappa shape index (κ1) is 13.1. The van der Waals surface area contributed by atoms with Crippen LogP contribution in [0.15, 0.2) is 18.5 Å². The zero-order chi connectivity index (χ0) is 11.8. The summed E-state index contributed by atoms with van der Waals surface area (Å²) in [5.74, 6) is 1.38. The molecule has 16 heavy (non-hydrogen) atoms. The first-order valence-corrected chi connectivity index (χ1v) is 5.80. The highest BCUT2D eigenvalue weighted by atomic mass is 16.5. The molecule has 1 heterocycles. The van der Waals surface area contributed by atoms with E-state index < -0.39 is 0 Å². The van der Waals surface area contributed by atoms with Crippen molar-refractivity contribution in [2.75, 3.05) is 13.2 Å². The number of hydrogen-bond donors (Lipinski definition) is 1. The minimum Gasteiger partial charge on any atom is -0.381 e. The third-order valence-electron chi connectivity index (χ3n) is 2.33. The highest BCUT2D eigenvalue weighted by molar-refractivity contribution is 4.94. The molecule has 4 nitrogen and oxygen atoms in total. The number of nitrogens with two attached hydrogens (primary N) is 1. The van der Waals surface area contributed by atoms with Gasteiger partial charge in [0.1, 0.15) is 5.82 Å². The van der Waals surface area contributed by atoms with Crippen molar-refractivity contribution in [1.29, 1.82) is 0 Å². The molecule has 0 spiro atoms. The zero-order valence-electron chi connectivity index (χ0n) is 10.1. The minimum atomic E-state index is -0.125. The molecular weight excluding hydrogens is 202 g/mol. The van der Waals surface area contributed by atoms with Crippen molar-refractivity contribution in [2.24, 2.45) is 11.7 Å². The molecule has 0 aliphatic rings. The summed E-state index contributed by atoms with van der Waals surface area (Å²) in [5.41, 5.74) is 5.93. The maximum absolute atomic E-state index is 5.93. The molecule has 0 amide bonds. The van der Waals surface area contributed by atoms with E-state index in [4.69, 9.17) is 10.5 Å². The van der Waals surface area contributed by atoms with Crippen molar-refractivity contribution < 1.29 is 4.74 Å². The molecule has 4 heteroatoms. The van der Waals surface area contributed by atoms with Gasteiger partial charge in [0, 0.05) is 25.6 Å². The number of aromatic nitrogens is 2. The molecule has 0 aliphatic carbocycles. The summed E-state index contributed by atoms with van der Waals surface area (Å²) in [6.07, 6.45) is 5.28. The van der Waals surface area contributed by atoms with Gasteiger partial charge >= 0.3 is 0 Å². The Kier molecular flexibility index (Phi) is 5.96. The molecule has 0 fully saturated rings. The minimum absolute atomic E-state index is 0.125. The van der Waals surface area contributed by atoms with Crippen LogP contribution in [0.25, 0.3) is 0 Å². The SMILES string of the molecule is CC(C)CCOCCC(N)c1ncccn1. The molecule has 0 saturated heterocycles. The lowest BCUT2D eigenvalue weighted by Gasteiger charge is -2.10. The maximum Gasteiger partial charge on any atom is 0.144 e. The smallest absolute Gasteiger partial charge is 0.144 e. The van der Waals surface area contributed by atoms with Crippen LogP contribution in [-0.2, 0) is 4.74 Å². The number of nitrogens with zero attached hydrogens (tertiary/aromatic N) is 2. The molecule has 0 aromatic carbocycles. The summed E-state index contributed by atoms with van der Waals surface area (Å²) in [4.78, 5) is 8.23. The van der Waals surface area contributed by atoms with E-state index in [0.717, 1.165) is 19.4 Å². The predicted octanol–water partition coefficient (Wildman–Crippen LogP) is 1.93. The second-order valence-electron chi connectivity index (χ2n) is 4.30. The van der Waals surface area contributed by atoms with Crippen molar-refractivity contribution in [3.05, 3.63) is 24.3 Å². The molecule has 0 bridgehead atoms. The second kappa shape index (κ2) is 7.30. The highest BCUT2D eigenvalue weighted by Crippen LogP contribution is 2.08. The lowest BCUT2D eigenvalue weighted by Crippen LogP contribution is -2.16. The Bertz CT molecular complexity index is 277. The lowest BCUT2D eigenvalue weighted by molar-refractivity contribution is 0.116. The number of rotatable bonds is 7. The van der Waals surface area contributed by atoms with Crippen LogP contribution < -0.4 is 5.73 Å². The van der Waals surface area contributed by atoms with Crippen LogP contribution in [0, 0.1) is 5.92 Å². The molecule has 90 valence electrons. The average molecular weight is 223 g/mol. The predicted molar refractivity (Wildman–Crippen MR) is 63.9 cm³/mol.